The molecule has 0 spiro atoms. The number of carbonyl (C=O) groups is 1. The second-order valence-corrected chi connectivity index (χ2v) is 1.50. The molecule has 0 aromatic heterocycles. The highest BCUT2D eigenvalue weighted by Gasteiger charge is 2.04. The number of thioether (sulfide) groups is 1. The van der Waals surface area contributed by atoms with Crippen LogP contribution in [0, 0.1) is 0 Å². The summed E-state index contributed by atoms with van der Waals surface area (Å²) in [4.78, 5) is 9.91. The van der Waals surface area contributed by atoms with Crippen molar-refractivity contribution in [2.45, 2.75) is 0 Å². The van der Waals surface area contributed by atoms with Gasteiger partial charge in [-0.15, -0.1) is 5.10 Å². The summed E-state index contributed by atoms with van der Waals surface area (Å²) < 4.78 is 0. The first-order valence-corrected chi connectivity index (χ1v) is 2.21. The van der Waals surface area contributed by atoms with E-state index in [1.165, 1.54) is 5.55 Å². The molecule has 0 saturated carbocycles. The van der Waals surface area contributed by atoms with E-state index >= 15 is 0 Å². The van der Waals surface area contributed by atoms with Crippen LogP contribution in [-0.2, 0) is 0 Å². The van der Waals surface area contributed by atoms with Gasteiger partial charge in [0.25, 0.3) is 0 Å². The molecule has 1 radical (unpaired) electrons. The molecule has 0 saturated heterocycles. The largest absolute Gasteiger partial charge is 0.329 e. The first-order valence-electron chi connectivity index (χ1n) is 1.33. The Morgan fingerprint density at radius 1 is 1.83 bits per heavy atom. The maximum absolute atomic E-state index is 9.91. The summed E-state index contributed by atoms with van der Waals surface area (Å²) in [6.45, 7) is 0. The Balaban J connectivity index is 2.52. The first-order chi connectivity index (χ1) is 2.89. The molecular weight excluding hydrogens is 100 g/mol. The lowest BCUT2D eigenvalue weighted by Crippen LogP contribution is -1.92. The Bertz CT molecular complexity index is 89.7. The molecule has 0 N–H and O–H groups in total. The number of rotatable bonds is 0. The lowest BCUT2D eigenvalue weighted by molar-refractivity contribution is 0.261. The van der Waals surface area contributed by atoms with Gasteiger partial charge >= 0.3 is 5.24 Å². The monoisotopic (exact) mass is 101 g/mol. The molecule has 0 atom stereocenters. The predicted molar refractivity (Wildman–Crippen MR) is 23.6 cm³/mol. The lowest BCUT2D eigenvalue weighted by Gasteiger charge is -1.69. The molecular formula is C2HN2OS. The molecule has 0 fully saturated rings. The van der Waals surface area contributed by atoms with Crippen LogP contribution in [0.1, 0.15) is 0 Å². The van der Waals surface area contributed by atoms with Crippen LogP contribution < -0.4 is 5.43 Å². The summed E-state index contributed by atoms with van der Waals surface area (Å²) in [6.07, 6.45) is 0. The highest BCUT2D eigenvalue weighted by Crippen LogP contribution is 2.02. The van der Waals surface area contributed by atoms with E-state index in [9.17, 15) is 4.79 Å². The predicted octanol–water partition coefficient (Wildman–Crippen LogP) is 0.401. The van der Waals surface area contributed by atoms with Gasteiger partial charge in [0.1, 0.15) is 0 Å². The topological polar surface area (TPSA) is 43.5 Å². The van der Waals surface area contributed by atoms with Crippen molar-refractivity contribution in [3.05, 3.63) is 0 Å². The number of amides is 1. The zero-order chi connectivity index (χ0) is 4.41. The zero-order valence-electron chi connectivity index (χ0n) is 2.79. The van der Waals surface area contributed by atoms with Crippen LogP contribution in [0.3, 0.4) is 0 Å². The van der Waals surface area contributed by atoms with E-state index in [2.05, 4.69) is 10.5 Å². The van der Waals surface area contributed by atoms with Crippen LogP contribution >= 0.6 is 11.8 Å². The van der Waals surface area contributed by atoms with E-state index in [0.717, 1.165) is 11.8 Å². The summed E-state index contributed by atoms with van der Waals surface area (Å²) in [7, 11) is 0. The molecule has 0 bridgehead atoms. The summed E-state index contributed by atoms with van der Waals surface area (Å²) in [5.41, 5.74) is 4.53. The SMILES string of the molecule is O=C1[N]N=CS1. The highest BCUT2D eigenvalue weighted by molar-refractivity contribution is 8.25. The summed E-state index contributed by atoms with van der Waals surface area (Å²) in [6, 6.07) is 0. The van der Waals surface area contributed by atoms with Gasteiger partial charge in [0.05, 0.1) is 5.55 Å². The van der Waals surface area contributed by atoms with E-state index in [1.807, 2.05) is 0 Å². The lowest BCUT2D eigenvalue weighted by atomic mass is 11.4. The molecule has 1 aliphatic heterocycles. The fourth-order valence-electron chi connectivity index (χ4n) is 0.163. The van der Waals surface area contributed by atoms with Crippen LogP contribution in [0.5, 0.6) is 0 Å². The fraction of sp³-hybridized carbons (Fsp3) is 0. The van der Waals surface area contributed by atoms with Crippen LogP contribution in [0.2, 0.25) is 0 Å². The van der Waals surface area contributed by atoms with Crippen molar-refractivity contribution in [1.82, 2.24) is 5.43 Å². The van der Waals surface area contributed by atoms with Crippen molar-refractivity contribution >= 4 is 22.5 Å². The van der Waals surface area contributed by atoms with Gasteiger partial charge in [0, 0.05) is 0 Å². The van der Waals surface area contributed by atoms with Crippen LogP contribution in [0.4, 0.5) is 4.79 Å². The van der Waals surface area contributed by atoms with E-state index in [0.29, 0.717) is 0 Å². The molecule has 1 rings (SSSR count). The molecule has 0 aromatic carbocycles. The summed E-state index contributed by atoms with van der Waals surface area (Å²) in [5, 5.41) is 3.05. The number of carbonyl (C=O) groups excluding carboxylic acids is 1. The minimum absolute atomic E-state index is 0.227. The second kappa shape index (κ2) is 1.30. The molecule has 4 heteroatoms. The third kappa shape index (κ3) is 0.514. The van der Waals surface area contributed by atoms with Gasteiger partial charge in [-0.1, -0.05) is 5.43 Å². The Hall–Kier alpha value is -0.510. The molecule has 1 aliphatic rings. The van der Waals surface area contributed by atoms with Crippen molar-refractivity contribution < 1.29 is 4.79 Å². The van der Waals surface area contributed by atoms with Crippen LogP contribution in [0.15, 0.2) is 5.10 Å². The van der Waals surface area contributed by atoms with Gasteiger partial charge < -0.3 is 0 Å². The molecule has 6 heavy (non-hydrogen) atoms. The first kappa shape index (κ1) is 3.67. The zero-order valence-corrected chi connectivity index (χ0v) is 3.60. The summed E-state index contributed by atoms with van der Waals surface area (Å²) in [5.74, 6) is 0. The highest BCUT2D eigenvalue weighted by atomic mass is 32.2. The van der Waals surface area contributed by atoms with Gasteiger partial charge in [-0.3, -0.25) is 4.79 Å². The van der Waals surface area contributed by atoms with E-state index in [-0.39, 0.29) is 5.24 Å². The molecule has 3 nitrogen and oxygen atoms in total. The smallest absolute Gasteiger partial charge is 0.257 e. The third-order valence-electron chi connectivity index (χ3n) is 0.340. The minimum Gasteiger partial charge on any atom is -0.257 e. The standard InChI is InChI=1S/C2HN2OS/c5-2-4-3-1-6-2/h1H. The van der Waals surface area contributed by atoms with Crippen molar-refractivity contribution in [2.75, 3.05) is 0 Å². The molecule has 1 heterocycles. The van der Waals surface area contributed by atoms with Crippen molar-refractivity contribution in [3.63, 3.8) is 0 Å². The Morgan fingerprint density at radius 3 is 2.83 bits per heavy atom. The van der Waals surface area contributed by atoms with Gasteiger partial charge in [0.2, 0.25) is 0 Å². The van der Waals surface area contributed by atoms with Crippen LogP contribution in [-0.4, -0.2) is 10.8 Å². The molecule has 0 aliphatic carbocycles. The average Bonchev–Trinajstić information content (AvgIpc) is 1.86. The van der Waals surface area contributed by atoms with Gasteiger partial charge in [-0.05, 0) is 11.8 Å². The van der Waals surface area contributed by atoms with E-state index in [1.54, 1.807) is 0 Å². The van der Waals surface area contributed by atoms with E-state index in [4.69, 9.17) is 0 Å². The number of hydrogen-bond donors (Lipinski definition) is 0. The maximum atomic E-state index is 9.91. The normalized spacial score (nSPS) is 18.3. The van der Waals surface area contributed by atoms with Crippen molar-refractivity contribution in [2.24, 2.45) is 5.10 Å². The fourth-order valence-corrected chi connectivity index (χ4v) is 0.442. The molecule has 0 unspecified atom stereocenters. The molecule has 31 valence electrons. The van der Waals surface area contributed by atoms with Gasteiger partial charge in [0.15, 0.2) is 0 Å². The third-order valence-corrected chi connectivity index (χ3v) is 0.823. The van der Waals surface area contributed by atoms with Crippen molar-refractivity contribution in [1.29, 1.82) is 0 Å². The number of hydrogen-bond acceptors (Lipinski definition) is 3. The Morgan fingerprint density at radius 2 is 2.67 bits per heavy atom. The van der Waals surface area contributed by atoms with Gasteiger partial charge in [-0.25, -0.2) is 0 Å². The summed E-state index contributed by atoms with van der Waals surface area (Å²) >= 11 is 1.000. The second-order valence-electron chi connectivity index (χ2n) is 0.705. The average molecular weight is 101 g/mol. The van der Waals surface area contributed by atoms with E-state index < -0.39 is 0 Å². The molecule has 1 amide bonds. The van der Waals surface area contributed by atoms with Crippen molar-refractivity contribution in [3.8, 4) is 0 Å². The Kier molecular flexibility index (Phi) is 0.795. The molecule has 0 aromatic rings. The quantitative estimate of drug-likeness (QED) is 0.443. The number of nitrogens with zero attached hydrogens (tertiary/aromatic N) is 2. The Labute approximate surface area is 38.8 Å². The maximum Gasteiger partial charge on any atom is 0.329 e. The van der Waals surface area contributed by atoms with Crippen LogP contribution in [0.25, 0.3) is 0 Å². The van der Waals surface area contributed by atoms with Gasteiger partial charge in [-0.2, -0.15) is 0 Å². The minimum atomic E-state index is -0.227.